The van der Waals surface area contributed by atoms with E-state index in [4.69, 9.17) is 0 Å². The molecule has 3 aromatic carbocycles. The molecule has 0 heteroatoms. The van der Waals surface area contributed by atoms with Gasteiger partial charge in [0.15, 0.2) is 0 Å². The molecule has 0 amide bonds. The molecule has 0 radical (unpaired) electrons. The second-order valence-corrected chi connectivity index (χ2v) is 6.47. The van der Waals surface area contributed by atoms with Gasteiger partial charge in [0.2, 0.25) is 0 Å². The highest BCUT2D eigenvalue weighted by atomic mass is 14.0. The van der Waals surface area contributed by atoms with Crippen LogP contribution in [0, 0.1) is 13.8 Å². The third-order valence-corrected chi connectivity index (χ3v) is 4.35. The van der Waals surface area contributed by atoms with Crippen LogP contribution in [0.1, 0.15) is 33.4 Å². The summed E-state index contributed by atoms with van der Waals surface area (Å²) in [6, 6.07) is 26.3. The Morgan fingerprint density at radius 3 is 1.29 bits per heavy atom. The van der Waals surface area contributed by atoms with Crippen molar-refractivity contribution in [1.29, 1.82) is 0 Å². The van der Waals surface area contributed by atoms with Gasteiger partial charge in [0, 0.05) is 0 Å². The maximum Gasteiger partial charge on any atom is -0.0238 e. The Balaban J connectivity index is 1.58. The minimum Gasteiger partial charge on any atom is -0.0591 e. The third kappa shape index (κ3) is 4.70. The first-order chi connectivity index (χ1) is 11.7. The van der Waals surface area contributed by atoms with Crippen LogP contribution in [0.5, 0.6) is 0 Å². The Hall–Kier alpha value is -2.60. The fourth-order valence-electron chi connectivity index (χ4n) is 2.71. The molecule has 0 saturated heterocycles. The standard InChI is InChI=1S/C24H24/c1-19-3-7-21(8-4-19)11-13-23-15-17-24(18-16-23)14-12-22-9-5-20(2)6-10-22/h3-11,13,15-18H,12,14H2,1-2H3/b13-11+. The molecule has 24 heavy (non-hydrogen) atoms. The number of hydrogen-bond acceptors (Lipinski definition) is 0. The van der Waals surface area contributed by atoms with E-state index in [1.54, 1.807) is 0 Å². The van der Waals surface area contributed by atoms with Crippen LogP contribution < -0.4 is 0 Å². The normalized spacial score (nSPS) is 11.1. The molecular formula is C24H24. The molecule has 0 bridgehead atoms. The Kier molecular flexibility index (Phi) is 5.28. The van der Waals surface area contributed by atoms with E-state index in [-0.39, 0.29) is 0 Å². The summed E-state index contributed by atoms with van der Waals surface area (Å²) < 4.78 is 0. The van der Waals surface area contributed by atoms with E-state index in [9.17, 15) is 0 Å². The summed E-state index contributed by atoms with van der Waals surface area (Å²) in [7, 11) is 0. The monoisotopic (exact) mass is 312 g/mol. The molecule has 0 aromatic heterocycles. The summed E-state index contributed by atoms with van der Waals surface area (Å²) in [5, 5.41) is 0. The van der Waals surface area contributed by atoms with E-state index in [1.807, 2.05) is 0 Å². The predicted molar refractivity (Wildman–Crippen MR) is 105 cm³/mol. The molecule has 0 aliphatic heterocycles. The van der Waals surface area contributed by atoms with E-state index in [2.05, 4.69) is 98.8 Å². The van der Waals surface area contributed by atoms with Crippen LogP contribution in [-0.2, 0) is 12.8 Å². The quantitative estimate of drug-likeness (QED) is 0.488. The molecule has 0 nitrogen and oxygen atoms in total. The number of aryl methyl sites for hydroxylation is 4. The van der Waals surface area contributed by atoms with Crippen molar-refractivity contribution in [2.45, 2.75) is 26.7 Å². The Labute approximate surface area is 145 Å². The van der Waals surface area contributed by atoms with Crippen molar-refractivity contribution < 1.29 is 0 Å². The van der Waals surface area contributed by atoms with E-state index >= 15 is 0 Å². The van der Waals surface area contributed by atoms with Crippen LogP contribution in [0.25, 0.3) is 12.2 Å². The van der Waals surface area contributed by atoms with Crippen molar-refractivity contribution in [3.05, 3.63) is 106 Å². The lowest BCUT2D eigenvalue weighted by atomic mass is 10.0. The smallest absolute Gasteiger partial charge is 0.0238 e. The molecule has 0 saturated carbocycles. The van der Waals surface area contributed by atoms with Crippen molar-refractivity contribution in [3.8, 4) is 0 Å². The Morgan fingerprint density at radius 2 is 0.833 bits per heavy atom. The third-order valence-electron chi connectivity index (χ3n) is 4.35. The second kappa shape index (κ2) is 7.79. The highest BCUT2D eigenvalue weighted by Crippen LogP contribution is 2.13. The SMILES string of the molecule is Cc1ccc(/C=C/c2ccc(CCc3ccc(C)cc3)cc2)cc1. The lowest BCUT2D eigenvalue weighted by Crippen LogP contribution is -1.91. The summed E-state index contributed by atoms with van der Waals surface area (Å²) in [5.41, 5.74) is 7.90. The fraction of sp³-hybridized carbons (Fsp3) is 0.167. The first kappa shape index (κ1) is 16.3. The summed E-state index contributed by atoms with van der Waals surface area (Å²) in [4.78, 5) is 0. The largest absolute Gasteiger partial charge is 0.0591 e. The minimum absolute atomic E-state index is 1.09. The minimum atomic E-state index is 1.09. The summed E-state index contributed by atoms with van der Waals surface area (Å²) >= 11 is 0. The van der Waals surface area contributed by atoms with Crippen molar-refractivity contribution >= 4 is 12.2 Å². The zero-order valence-electron chi connectivity index (χ0n) is 14.5. The second-order valence-electron chi connectivity index (χ2n) is 6.47. The van der Waals surface area contributed by atoms with Crippen molar-refractivity contribution in [1.82, 2.24) is 0 Å². The Bertz CT molecular complexity index is 788. The fourth-order valence-corrected chi connectivity index (χ4v) is 2.71. The van der Waals surface area contributed by atoms with Gasteiger partial charge in [0.1, 0.15) is 0 Å². The molecule has 0 unspecified atom stereocenters. The van der Waals surface area contributed by atoms with E-state index in [1.165, 1.54) is 33.4 Å². The van der Waals surface area contributed by atoms with Crippen molar-refractivity contribution in [3.63, 3.8) is 0 Å². The van der Waals surface area contributed by atoms with Gasteiger partial charge in [-0.1, -0.05) is 96.1 Å². The zero-order valence-corrected chi connectivity index (χ0v) is 14.5. The maximum atomic E-state index is 2.24. The molecule has 0 aliphatic carbocycles. The zero-order chi connectivity index (χ0) is 16.8. The van der Waals surface area contributed by atoms with E-state index < -0.39 is 0 Å². The summed E-state index contributed by atoms with van der Waals surface area (Å²) in [5.74, 6) is 0. The van der Waals surface area contributed by atoms with Gasteiger partial charge in [0.05, 0.1) is 0 Å². The van der Waals surface area contributed by atoms with Gasteiger partial charge in [-0.3, -0.25) is 0 Å². The summed E-state index contributed by atoms with van der Waals surface area (Å²) in [6.07, 6.45) is 6.53. The van der Waals surface area contributed by atoms with Gasteiger partial charge in [-0.25, -0.2) is 0 Å². The van der Waals surface area contributed by atoms with Crippen molar-refractivity contribution in [2.24, 2.45) is 0 Å². The highest BCUT2D eigenvalue weighted by Gasteiger charge is 1.96. The van der Waals surface area contributed by atoms with Crippen LogP contribution in [0.4, 0.5) is 0 Å². The van der Waals surface area contributed by atoms with E-state index in [0.717, 1.165) is 12.8 Å². The van der Waals surface area contributed by atoms with Crippen LogP contribution in [0.2, 0.25) is 0 Å². The molecule has 0 spiro atoms. The van der Waals surface area contributed by atoms with Gasteiger partial charge < -0.3 is 0 Å². The average Bonchev–Trinajstić information content (AvgIpc) is 2.62. The molecular weight excluding hydrogens is 288 g/mol. The lowest BCUT2D eigenvalue weighted by molar-refractivity contribution is 0.959. The Morgan fingerprint density at radius 1 is 0.500 bits per heavy atom. The average molecular weight is 312 g/mol. The van der Waals surface area contributed by atoms with E-state index in [0.29, 0.717) is 0 Å². The van der Waals surface area contributed by atoms with Crippen LogP contribution in [0.15, 0.2) is 72.8 Å². The molecule has 3 rings (SSSR count). The van der Waals surface area contributed by atoms with Gasteiger partial charge in [-0.15, -0.1) is 0 Å². The first-order valence-corrected chi connectivity index (χ1v) is 8.58. The van der Waals surface area contributed by atoms with Crippen molar-refractivity contribution in [2.75, 3.05) is 0 Å². The molecule has 0 atom stereocenters. The molecule has 0 aliphatic rings. The maximum absolute atomic E-state index is 2.24. The highest BCUT2D eigenvalue weighted by molar-refractivity contribution is 5.69. The number of hydrogen-bond donors (Lipinski definition) is 0. The number of rotatable bonds is 5. The summed E-state index contributed by atoms with van der Waals surface area (Å²) in [6.45, 7) is 4.25. The molecule has 0 N–H and O–H groups in total. The van der Waals surface area contributed by atoms with Crippen LogP contribution in [0.3, 0.4) is 0 Å². The first-order valence-electron chi connectivity index (χ1n) is 8.58. The predicted octanol–water partition coefficient (Wildman–Crippen LogP) is 6.26. The topological polar surface area (TPSA) is 0 Å². The lowest BCUT2D eigenvalue weighted by Gasteiger charge is -2.04. The van der Waals surface area contributed by atoms with Gasteiger partial charge in [-0.2, -0.15) is 0 Å². The van der Waals surface area contributed by atoms with Gasteiger partial charge >= 0.3 is 0 Å². The number of benzene rings is 3. The molecule has 120 valence electrons. The van der Waals surface area contributed by atoms with Gasteiger partial charge in [-0.05, 0) is 48.9 Å². The molecule has 3 aromatic rings. The van der Waals surface area contributed by atoms with Crippen LogP contribution >= 0.6 is 0 Å². The van der Waals surface area contributed by atoms with Crippen LogP contribution in [-0.4, -0.2) is 0 Å². The molecule has 0 heterocycles. The van der Waals surface area contributed by atoms with Gasteiger partial charge in [0.25, 0.3) is 0 Å². The molecule has 0 fully saturated rings.